The highest BCUT2D eigenvalue weighted by Crippen LogP contribution is 2.27. The molecular formula is C13H12BrNO2S. The van der Waals surface area contributed by atoms with Gasteiger partial charge in [0.2, 0.25) is 0 Å². The van der Waals surface area contributed by atoms with Crippen LogP contribution in [-0.2, 0) is 6.42 Å². The Balaban J connectivity index is 2.24. The first-order valence-electron chi connectivity index (χ1n) is 5.30. The summed E-state index contributed by atoms with van der Waals surface area (Å²) in [5.74, 6) is 0.536. The number of hydrogen-bond acceptors (Lipinski definition) is 4. The molecule has 3 nitrogen and oxygen atoms in total. The number of carbonyl (C=O) groups excluding carboxylic acids is 1. The van der Waals surface area contributed by atoms with E-state index in [1.807, 2.05) is 11.4 Å². The predicted octanol–water partition coefficient (Wildman–Crippen LogP) is 3.53. The molecule has 1 aromatic carbocycles. The highest BCUT2D eigenvalue weighted by Gasteiger charge is 2.14. The normalized spacial score (nSPS) is 10.3. The lowest BCUT2D eigenvalue weighted by Crippen LogP contribution is -2.07. The first-order chi connectivity index (χ1) is 8.61. The van der Waals surface area contributed by atoms with Crippen molar-refractivity contribution >= 4 is 38.7 Å². The van der Waals surface area contributed by atoms with Crippen LogP contribution in [0.1, 0.15) is 15.2 Å². The Kier molecular flexibility index (Phi) is 4.04. The van der Waals surface area contributed by atoms with Crippen molar-refractivity contribution in [3.05, 3.63) is 44.6 Å². The lowest BCUT2D eigenvalue weighted by atomic mass is 10.0. The van der Waals surface area contributed by atoms with Crippen LogP contribution >= 0.6 is 27.3 Å². The van der Waals surface area contributed by atoms with Gasteiger partial charge in [-0.15, -0.1) is 11.3 Å². The van der Waals surface area contributed by atoms with Crippen LogP contribution in [0.3, 0.4) is 0 Å². The van der Waals surface area contributed by atoms with Crippen molar-refractivity contribution in [1.29, 1.82) is 0 Å². The van der Waals surface area contributed by atoms with Crippen LogP contribution in [0.4, 0.5) is 5.69 Å². The number of carbonyl (C=O) groups is 1. The fourth-order valence-electron chi connectivity index (χ4n) is 1.67. The van der Waals surface area contributed by atoms with E-state index in [1.165, 1.54) is 7.11 Å². The van der Waals surface area contributed by atoms with Gasteiger partial charge in [-0.2, -0.15) is 0 Å². The van der Waals surface area contributed by atoms with E-state index in [-0.39, 0.29) is 5.78 Å². The lowest BCUT2D eigenvalue weighted by molar-refractivity contribution is 0.0994. The molecule has 0 fully saturated rings. The van der Waals surface area contributed by atoms with Crippen LogP contribution in [0.5, 0.6) is 5.75 Å². The van der Waals surface area contributed by atoms with E-state index in [2.05, 4.69) is 15.9 Å². The molecule has 0 saturated heterocycles. The minimum atomic E-state index is 0.000694. The molecule has 2 aromatic rings. The zero-order valence-corrected chi connectivity index (χ0v) is 12.2. The van der Waals surface area contributed by atoms with Gasteiger partial charge in [0, 0.05) is 26.7 Å². The van der Waals surface area contributed by atoms with Crippen LogP contribution < -0.4 is 10.5 Å². The van der Waals surface area contributed by atoms with Gasteiger partial charge in [-0.05, 0) is 34.1 Å². The minimum Gasteiger partial charge on any atom is -0.495 e. The van der Waals surface area contributed by atoms with E-state index >= 15 is 0 Å². The van der Waals surface area contributed by atoms with Gasteiger partial charge in [-0.3, -0.25) is 4.79 Å². The molecule has 5 heteroatoms. The van der Waals surface area contributed by atoms with Crippen molar-refractivity contribution < 1.29 is 9.53 Å². The number of nitrogens with two attached hydrogens (primary N) is 1. The van der Waals surface area contributed by atoms with Gasteiger partial charge in [0.25, 0.3) is 0 Å². The number of rotatable bonds is 4. The van der Waals surface area contributed by atoms with Crippen LogP contribution in [-0.4, -0.2) is 12.9 Å². The Labute approximate surface area is 118 Å². The van der Waals surface area contributed by atoms with E-state index in [0.29, 0.717) is 23.4 Å². The fraction of sp³-hybridized carbons (Fsp3) is 0.154. The van der Waals surface area contributed by atoms with Crippen molar-refractivity contribution in [2.24, 2.45) is 0 Å². The third-order valence-corrected chi connectivity index (χ3v) is 4.24. The lowest BCUT2D eigenvalue weighted by Gasteiger charge is -2.08. The summed E-state index contributed by atoms with van der Waals surface area (Å²) in [7, 11) is 1.54. The molecule has 2 rings (SSSR count). The van der Waals surface area contributed by atoms with Crippen LogP contribution in [0.25, 0.3) is 0 Å². The second-order valence-corrected chi connectivity index (χ2v) is 5.66. The van der Waals surface area contributed by atoms with Crippen LogP contribution in [0.2, 0.25) is 0 Å². The maximum Gasteiger partial charge on any atom is 0.170 e. The van der Waals surface area contributed by atoms with Gasteiger partial charge in [0.15, 0.2) is 5.78 Å². The number of methoxy groups -OCH3 is 1. The molecule has 0 radical (unpaired) electrons. The smallest absolute Gasteiger partial charge is 0.170 e. The zero-order chi connectivity index (χ0) is 13.1. The molecule has 94 valence electrons. The number of ether oxygens (including phenoxy) is 1. The third kappa shape index (κ3) is 2.73. The van der Waals surface area contributed by atoms with Crippen LogP contribution in [0.15, 0.2) is 34.1 Å². The maximum atomic E-state index is 12.2. The van der Waals surface area contributed by atoms with Gasteiger partial charge in [-0.1, -0.05) is 6.07 Å². The first kappa shape index (κ1) is 13.1. The number of halogens is 1. The van der Waals surface area contributed by atoms with Gasteiger partial charge >= 0.3 is 0 Å². The van der Waals surface area contributed by atoms with Gasteiger partial charge in [0.1, 0.15) is 5.75 Å². The molecular weight excluding hydrogens is 314 g/mol. The quantitative estimate of drug-likeness (QED) is 0.691. The summed E-state index contributed by atoms with van der Waals surface area (Å²) in [5, 5.41) is 1.96. The van der Waals surface area contributed by atoms with Gasteiger partial charge in [-0.25, -0.2) is 0 Å². The van der Waals surface area contributed by atoms with E-state index in [0.717, 1.165) is 9.35 Å². The SMILES string of the molecule is COc1cccc(C(=O)Cc2cc(Br)cs2)c1N. The third-order valence-electron chi connectivity index (χ3n) is 2.54. The van der Waals surface area contributed by atoms with Crippen molar-refractivity contribution in [3.8, 4) is 5.75 Å². The summed E-state index contributed by atoms with van der Waals surface area (Å²) in [5.41, 5.74) is 6.82. The van der Waals surface area contributed by atoms with Crippen LogP contribution in [0, 0.1) is 0 Å². The number of thiophene rings is 1. The molecule has 0 saturated carbocycles. The highest BCUT2D eigenvalue weighted by atomic mass is 79.9. The molecule has 1 aromatic heterocycles. The Bertz CT molecular complexity index is 580. The number of ketones is 1. The van der Waals surface area contributed by atoms with Crippen molar-refractivity contribution in [2.45, 2.75) is 6.42 Å². The molecule has 0 aliphatic heterocycles. The summed E-state index contributed by atoms with van der Waals surface area (Å²) < 4.78 is 6.10. The summed E-state index contributed by atoms with van der Waals surface area (Å²) in [4.78, 5) is 13.2. The molecule has 18 heavy (non-hydrogen) atoms. The summed E-state index contributed by atoms with van der Waals surface area (Å²) in [6.07, 6.45) is 0.355. The summed E-state index contributed by atoms with van der Waals surface area (Å²) >= 11 is 4.92. The number of para-hydroxylation sites is 1. The average Bonchev–Trinajstić information content (AvgIpc) is 2.75. The van der Waals surface area contributed by atoms with Crippen molar-refractivity contribution in [3.63, 3.8) is 0 Å². The molecule has 2 N–H and O–H groups in total. The van der Waals surface area contributed by atoms with Crippen molar-refractivity contribution in [2.75, 3.05) is 12.8 Å². The summed E-state index contributed by atoms with van der Waals surface area (Å²) in [6, 6.07) is 7.18. The number of hydrogen-bond donors (Lipinski definition) is 1. The first-order valence-corrected chi connectivity index (χ1v) is 6.97. The maximum absolute atomic E-state index is 12.2. The fourth-order valence-corrected chi connectivity index (χ4v) is 3.11. The standard InChI is InChI=1S/C13H12BrNO2S/c1-17-12-4-2-3-10(13(12)15)11(16)6-9-5-8(14)7-18-9/h2-5,7H,6,15H2,1H3. The van der Waals surface area contributed by atoms with Crippen molar-refractivity contribution in [1.82, 2.24) is 0 Å². The number of benzene rings is 1. The Morgan fingerprint density at radius 2 is 2.28 bits per heavy atom. The van der Waals surface area contributed by atoms with Gasteiger partial charge < -0.3 is 10.5 Å². The average molecular weight is 326 g/mol. The second-order valence-electron chi connectivity index (χ2n) is 3.75. The second kappa shape index (κ2) is 5.54. The monoisotopic (exact) mass is 325 g/mol. The van der Waals surface area contributed by atoms with E-state index in [9.17, 15) is 4.79 Å². The minimum absolute atomic E-state index is 0.000694. The number of anilines is 1. The predicted molar refractivity (Wildman–Crippen MR) is 77.5 cm³/mol. The molecule has 0 bridgehead atoms. The molecule has 0 amide bonds. The number of nitrogen functional groups attached to an aromatic ring is 1. The Hall–Kier alpha value is -1.33. The van der Waals surface area contributed by atoms with Gasteiger partial charge in [0.05, 0.1) is 12.8 Å². The largest absolute Gasteiger partial charge is 0.495 e. The zero-order valence-electron chi connectivity index (χ0n) is 9.77. The Morgan fingerprint density at radius 3 is 2.89 bits per heavy atom. The highest BCUT2D eigenvalue weighted by molar-refractivity contribution is 9.10. The van der Waals surface area contributed by atoms with E-state index in [4.69, 9.17) is 10.5 Å². The topological polar surface area (TPSA) is 52.3 Å². The Morgan fingerprint density at radius 1 is 1.50 bits per heavy atom. The molecule has 0 spiro atoms. The van der Waals surface area contributed by atoms with E-state index < -0.39 is 0 Å². The molecule has 1 heterocycles. The van der Waals surface area contributed by atoms with E-state index in [1.54, 1.807) is 29.5 Å². The summed E-state index contributed by atoms with van der Waals surface area (Å²) in [6.45, 7) is 0. The molecule has 0 unspecified atom stereocenters. The molecule has 0 aliphatic carbocycles. The number of Topliss-reactive ketones (excluding diaryl/α,β-unsaturated/α-hetero) is 1. The molecule has 0 aliphatic rings. The molecule has 0 atom stereocenters.